The van der Waals surface area contributed by atoms with Crippen molar-refractivity contribution in [2.75, 3.05) is 0 Å². The number of aromatic nitrogens is 2. The van der Waals surface area contributed by atoms with E-state index in [1.165, 1.54) is 5.56 Å². The fourth-order valence-corrected chi connectivity index (χ4v) is 2.98. The third kappa shape index (κ3) is 2.72. The lowest BCUT2D eigenvalue weighted by atomic mass is 10.1. The first-order valence-electron chi connectivity index (χ1n) is 6.05. The summed E-state index contributed by atoms with van der Waals surface area (Å²) in [5.74, 6) is 0.973. The molecule has 19 heavy (non-hydrogen) atoms. The Balaban J connectivity index is 1.89. The van der Waals surface area contributed by atoms with Crippen LogP contribution in [0.4, 0.5) is 0 Å². The molecule has 1 N–H and O–H groups in total. The molecule has 0 fully saturated rings. The maximum atomic E-state index is 6.00. The molecule has 2 heterocycles. The first-order valence-corrected chi connectivity index (χ1v) is 7.37. The Morgan fingerprint density at radius 1 is 1.32 bits per heavy atom. The highest BCUT2D eigenvalue weighted by atomic mass is 35.5. The summed E-state index contributed by atoms with van der Waals surface area (Å²) >= 11 is 7.69. The first kappa shape index (κ1) is 12.5. The van der Waals surface area contributed by atoms with Crippen molar-refractivity contribution in [2.45, 2.75) is 13.3 Å². The van der Waals surface area contributed by atoms with E-state index in [1.807, 2.05) is 18.2 Å². The van der Waals surface area contributed by atoms with Crippen molar-refractivity contribution in [1.29, 1.82) is 0 Å². The number of aromatic amines is 1. The van der Waals surface area contributed by atoms with Gasteiger partial charge in [0.25, 0.3) is 0 Å². The molecule has 0 aliphatic rings. The number of nitrogens with one attached hydrogen (secondary N) is 1. The molecule has 96 valence electrons. The van der Waals surface area contributed by atoms with Gasteiger partial charge in [-0.2, -0.15) is 11.3 Å². The van der Waals surface area contributed by atoms with Crippen molar-refractivity contribution in [3.05, 3.63) is 63.2 Å². The van der Waals surface area contributed by atoms with Gasteiger partial charge in [0.05, 0.1) is 5.69 Å². The molecule has 0 spiro atoms. The topological polar surface area (TPSA) is 28.7 Å². The van der Waals surface area contributed by atoms with E-state index in [0.29, 0.717) is 0 Å². The van der Waals surface area contributed by atoms with Crippen molar-refractivity contribution in [2.24, 2.45) is 0 Å². The van der Waals surface area contributed by atoms with Crippen LogP contribution < -0.4 is 0 Å². The Labute approximate surface area is 121 Å². The molecule has 2 aromatic heterocycles. The molecule has 0 radical (unpaired) electrons. The molecule has 0 amide bonds. The lowest BCUT2D eigenvalue weighted by Crippen LogP contribution is -1.90. The number of hydrogen-bond donors (Lipinski definition) is 1. The maximum absolute atomic E-state index is 6.00. The Kier molecular flexibility index (Phi) is 3.40. The normalized spacial score (nSPS) is 10.8. The van der Waals surface area contributed by atoms with E-state index in [0.717, 1.165) is 34.2 Å². The molecular weight excluding hydrogens is 276 g/mol. The van der Waals surface area contributed by atoms with Gasteiger partial charge in [-0.3, -0.25) is 0 Å². The Hall–Kier alpha value is -1.58. The van der Waals surface area contributed by atoms with E-state index in [2.05, 4.69) is 39.8 Å². The van der Waals surface area contributed by atoms with E-state index in [-0.39, 0.29) is 0 Å². The number of rotatable bonds is 3. The summed E-state index contributed by atoms with van der Waals surface area (Å²) in [7, 11) is 0. The van der Waals surface area contributed by atoms with Crippen LogP contribution in [-0.2, 0) is 6.42 Å². The summed E-state index contributed by atoms with van der Waals surface area (Å²) in [5.41, 5.74) is 4.49. The van der Waals surface area contributed by atoms with Crippen molar-refractivity contribution in [1.82, 2.24) is 9.97 Å². The summed E-state index contributed by atoms with van der Waals surface area (Å²) in [5, 5.41) is 4.95. The molecule has 0 bridgehead atoms. The minimum absolute atomic E-state index is 0.763. The van der Waals surface area contributed by atoms with Gasteiger partial charge in [0.2, 0.25) is 0 Å². The zero-order valence-electron chi connectivity index (χ0n) is 10.5. The molecule has 1 aromatic carbocycles. The van der Waals surface area contributed by atoms with E-state index in [1.54, 1.807) is 11.3 Å². The van der Waals surface area contributed by atoms with Gasteiger partial charge in [-0.1, -0.05) is 23.7 Å². The molecule has 0 saturated heterocycles. The number of hydrogen-bond acceptors (Lipinski definition) is 2. The number of H-pyrrole nitrogens is 1. The lowest BCUT2D eigenvalue weighted by molar-refractivity contribution is 1.02. The fourth-order valence-electron chi connectivity index (χ4n) is 2.13. The monoisotopic (exact) mass is 288 g/mol. The molecule has 0 aliphatic carbocycles. The van der Waals surface area contributed by atoms with Crippen LogP contribution in [-0.4, -0.2) is 9.97 Å². The smallest absolute Gasteiger partial charge is 0.111 e. The van der Waals surface area contributed by atoms with E-state index >= 15 is 0 Å². The number of benzene rings is 1. The number of halogens is 1. The lowest BCUT2D eigenvalue weighted by Gasteiger charge is -1.98. The molecule has 2 nitrogen and oxygen atoms in total. The summed E-state index contributed by atoms with van der Waals surface area (Å²) in [4.78, 5) is 8.04. The molecule has 0 saturated carbocycles. The van der Waals surface area contributed by atoms with E-state index in [4.69, 9.17) is 11.6 Å². The van der Waals surface area contributed by atoms with Crippen molar-refractivity contribution < 1.29 is 0 Å². The van der Waals surface area contributed by atoms with E-state index in [9.17, 15) is 0 Å². The largest absolute Gasteiger partial charge is 0.345 e. The van der Waals surface area contributed by atoms with Crippen molar-refractivity contribution >= 4 is 22.9 Å². The van der Waals surface area contributed by atoms with Gasteiger partial charge in [-0.15, -0.1) is 0 Å². The van der Waals surface area contributed by atoms with Crippen LogP contribution in [0.15, 0.2) is 41.1 Å². The van der Waals surface area contributed by atoms with Gasteiger partial charge in [0, 0.05) is 28.1 Å². The second-order valence-electron chi connectivity index (χ2n) is 4.48. The number of nitrogens with zero attached hydrogens (tertiary/aromatic N) is 1. The van der Waals surface area contributed by atoms with Crippen LogP contribution in [0.3, 0.4) is 0 Å². The summed E-state index contributed by atoms with van der Waals surface area (Å²) in [6.45, 7) is 2.06. The summed E-state index contributed by atoms with van der Waals surface area (Å²) in [6, 6.07) is 9.98. The number of thiophene rings is 1. The molecule has 3 aromatic rings. The minimum Gasteiger partial charge on any atom is -0.345 e. The second-order valence-corrected chi connectivity index (χ2v) is 5.69. The molecule has 0 unspecified atom stereocenters. The van der Waals surface area contributed by atoms with Gasteiger partial charge in [0.1, 0.15) is 5.82 Å². The summed E-state index contributed by atoms with van der Waals surface area (Å²) in [6.07, 6.45) is 0.769. The quantitative estimate of drug-likeness (QED) is 0.744. The van der Waals surface area contributed by atoms with E-state index < -0.39 is 0 Å². The van der Waals surface area contributed by atoms with Gasteiger partial charge in [-0.05, 0) is 36.1 Å². The standard InChI is InChI=1S/C15H13ClN2S/c1-10-15(12-5-6-19-9-12)18-14(17-10)8-11-3-2-4-13(16)7-11/h2-7,9H,8H2,1H3,(H,17,18). The summed E-state index contributed by atoms with van der Waals surface area (Å²) < 4.78 is 0. The van der Waals surface area contributed by atoms with Crippen molar-refractivity contribution in [3.8, 4) is 11.3 Å². The third-order valence-electron chi connectivity index (χ3n) is 2.99. The molecule has 3 rings (SSSR count). The minimum atomic E-state index is 0.763. The van der Waals surface area contributed by atoms with Gasteiger partial charge < -0.3 is 4.98 Å². The number of aryl methyl sites for hydroxylation is 1. The average Bonchev–Trinajstić information content (AvgIpc) is 2.98. The van der Waals surface area contributed by atoms with Crippen LogP contribution in [0.1, 0.15) is 17.1 Å². The highest BCUT2D eigenvalue weighted by Crippen LogP contribution is 2.24. The zero-order chi connectivity index (χ0) is 13.2. The van der Waals surface area contributed by atoms with Gasteiger partial charge in [0.15, 0.2) is 0 Å². The van der Waals surface area contributed by atoms with Crippen LogP contribution in [0.5, 0.6) is 0 Å². The second kappa shape index (κ2) is 5.19. The van der Waals surface area contributed by atoms with Crippen LogP contribution in [0.2, 0.25) is 5.02 Å². The molecular formula is C15H13ClN2S. The predicted octanol–water partition coefficient (Wildman–Crippen LogP) is 4.69. The third-order valence-corrected chi connectivity index (χ3v) is 3.91. The fraction of sp³-hybridized carbons (Fsp3) is 0.133. The molecule has 0 atom stereocenters. The highest BCUT2D eigenvalue weighted by Gasteiger charge is 2.09. The molecule has 0 aliphatic heterocycles. The Bertz CT molecular complexity index is 686. The van der Waals surface area contributed by atoms with Crippen molar-refractivity contribution in [3.63, 3.8) is 0 Å². The predicted molar refractivity (Wildman–Crippen MR) is 80.9 cm³/mol. The van der Waals surface area contributed by atoms with Crippen LogP contribution in [0.25, 0.3) is 11.3 Å². The number of imidazole rings is 1. The Morgan fingerprint density at radius 3 is 2.95 bits per heavy atom. The average molecular weight is 289 g/mol. The highest BCUT2D eigenvalue weighted by molar-refractivity contribution is 7.08. The molecule has 4 heteroatoms. The maximum Gasteiger partial charge on any atom is 0.111 e. The van der Waals surface area contributed by atoms with Crippen LogP contribution >= 0.6 is 22.9 Å². The Morgan fingerprint density at radius 2 is 2.21 bits per heavy atom. The van der Waals surface area contributed by atoms with Gasteiger partial charge in [-0.25, -0.2) is 4.98 Å². The van der Waals surface area contributed by atoms with Gasteiger partial charge >= 0.3 is 0 Å². The van der Waals surface area contributed by atoms with Crippen LogP contribution in [0, 0.1) is 6.92 Å². The SMILES string of the molecule is Cc1[nH]c(Cc2cccc(Cl)c2)nc1-c1ccsc1. The first-order chi connectivity index (χ1) is 9.22. The zero-order valence-corrected chi connectivity index (χ0v) is 12.1.